The van der Waals surface area contributed by atoms with Crippen LogP contribution in [0.5, 0.6) is 0 Å². The Labute approximate surface area is 103 Å². The summed E-state index contributed by atoms with van der Waals surface area (Å²) in [6.07, 6.45) is 2.11. The van der Waals surface area contributed by atoms with Crippen LogP contribution < -0.4 is 5.73 Å². The summed E-state index contributed by atoms with van der Waals surface area (Å²) in [5.41, 5.74) is 5.55. The standard InChI is InChI=1S/C13H24N2O2/c1-8(14)10-9-6-5-7-15(11(9)10)12(16)17-13(2,3)4/h8-11H,5-7,14H2,1-4H3. The van der Waals surface area contributed by atoms with Gasteiger partial charge in [0, 0.05) is 18.6 Å². The molecule has 2 N–H and O–H groups in total. The maximum Gasteiger partial charge on any atom is 0.410 e. The Morgan fingerprint density at radius 3 is 2.65 bits per heavy atom. The molecule has 0 spiro atoms. The molecule has 2 aliphatic rings. The van der Waals surface area contributed by atoms with Crippen molar-refractivity contribution >= 4 is 6.09 Å². The van der Waals surface area contributed by atoms with E-state index in [9.17, 15) is 4.79 Å². The van der Waals surface area contributed by atoms with Gasteiger partial charge in [-0.3, -0.25) is 0 Å². The van der Waals surface area contributed by atoms with E-state index >= 15 is 0 Å². The van der Waals surface area contributed by atoms with Crippen molar-refractivity contribution < 1.29 is 9.53 Å². The number of piperidine rings is 1. The van der Waals surface area contributed by atoms with Crippen LogP contribution in [0.2, 0.25) is 0 Å². The van der Waals surface area contributed by atoms with E-state index in [1.54, 1.807) is 0 Å². The summed E-state index contributed by atoms with van der Waals surface area (Å²) >= 11 is 0. The van der Waals surface area contributed by atoms with Crippen LogP contribution in [0.4, 0.5) is 4.79 Å². The smallest absolute Gasteiger partial charge is 0.410 e. The number of ether oxygens (including phenoxy) is 1. The van der Waals surface area contributed by atoms with Gasteiger partial charge in [-0.15, -0.1) is 0 Å². The molecule has 17 heavy (non-hydrogen) atoms. The number of nitrogens with two attached hydrogens (primary N) is 1. The Morgan fingerprint density at radius 2 is 2.12 bits per heavy atom. The second kappa shape index (κ2) is 4.16. The molecule has 1 saturated carbocycles. The largest absolute Gasteiger partial charge is 0.444 e. The van der Waals surface area contributed by atoms with Crippen molar-refractivity contribution in [3.8, 4) is 0 Å². The Balaban J connectivity index is 2.00. The van der Waals surface area contributed by atoms with Crippen molar-refractivity contribution in [2.45, 2.75) is 58.2 Å². The lowest BCUT2D eigenvalue weighted by Gasteiger charge is -2.30. The number of hydrogen-bond acceptors (Lipinski definition) is 3. The molecule has 2 rings (SSSR count). The Hall–Kier alpha value is -0.770. The fraction of sp³-hybridized carbons (Fsp3) is 0.923. The van der Waals surface area contributed by atoms with Gasteiger partial charge in [0.05, 0.1) is 0 Å². The molecule has 2 fully saturated rings. The van der Waals surface area contributed by atoms with Crippen molar-refractivity contribution in [3.63, 3.8) is 0 Å². The first-order valence-electron chi connectivity index (χ1n) is 6.56. The Bertz CT molecular complexity index is 309. The van der Waals surface area contributed by atoms with Crippen molar-refractivity contribution in [3.05, 3.63) is 0 Å². The molecule has 4 nitrogen and oxygen atoms in total. The fourth-order valence-electron chi connectivity index (χ4n) is 3.06. The number of likely N-dealkylation sites (tertiary alicyclic amines) is 1. The number of hydrogen-bond donors (Lipinski definition) is 1. The number of rotatable bonds is 1. The summed E-state index contributed by atoms with van der Waals surface area (Å²) in [5.74, 6) is 1.08. The van der Waals surface area contributed by atoms with Crippen LogP contribution in [0.15, 0.2) is 0 Å². The highest BCUT2D eigenvalue weighted by Crippen LogP contribution is 2.51. The first-order valence-corrected chi connectivity index (χ1v) is 6.56. The molecule has 1 aliphatic heterocycles. The van der Waals surface area contributed by atoms with E-state index in [1.807, 2.05) is 32.6 Å². The number of nitrogens with zero attached hydrogens (tertiary/aromatic N) is 1. The number of carbonyl (C=O) groups is 1. The van der Waals surface area contributed by atoms with Crippen molar-refractivity contribution in [2.24, 2.45) is 17.6 Å². The van der Waals surface area contributed by atoms with Crippen molar-refractivity contribution in [1.29, 1.82) is 0 Å². The summed E-state index contributed by atoms with van der Waals surface area (Å²) in [4.78, 5) is 14.0. The third-order valence-corrected chi connectivity index (χ3v) is 3.72. The van der Waals surface area contributed by atoms with Gasteiger partial charge in [-0.1, -0.05) is 0 Å². The molecular formula is C13H24N2O2. The van der Waals surface area contributed by atoms with Crippen LogP contribution in [-0.2, 0) is 4.74 Å². The van der Waals surface area contributed by atoms with Crippen molar-refractivity contribution in [1.82, 2.24) is 4.90 Å². The average molecular weight is 240 g/mol. The highest BCUT2D eigenvalue weighted by Gasteiger charge is 2.58. The van der Waals surface area contributed by atoms with E-state index < -0.39 is 5.60 Å². The van der Waals surface area contributed by atoms with Gasteiger partial charge in [-0.05, 0) is 52.4 Å². The molecule has 1 aliphatic carbocycles. The van der Waals surface area contributed by atoms with E-state index in [1.165, 1.54) is 6.42 Å². The van der Waals surface area contributed by atoms with Crippen LogP contribution in [0.25, 0.3) is 0 Å². The lowest BCUT2D eigenvalue weighted by Crippen LogP contribution is -2.42. The molecule has 98 valence electrons. The van der Waals surface area contributed by atoms with Crippen LogP contribution >= 0.6 is 0 Å². The van der Waals surface area contributed by atoms with Gasteiger partial charge in [0.2, 0.25) is 0 Å². The van der Waals surface area contributed by atoms with E-state index in [2.05, 4.69) is 0 Å². The molecule has 1 heterocycles. The third-order valence-electron chi connectivity index (χ3n) is 3.72. The maximum atomic E-state index is 12.1. The van der Waals surface area contributed by atoms with E-state index in [0.717, 1.165) is 13.0 Å². The lowest BCUT2D eigenvalue weighted by atomic mass is 10.1. The minimum absolute atomic E-state index is 0.171. The normalized spacial score (nSPS) is 33.9. The predicted molar refractivity (Wildman–Crippen MR) is 66.6 cm³/mol. The van der Waals surface area contributed by atoms with Crippen molar-refractivity contribution in [2.75, 3.05) is 6.54 Å². The molecule has 4 atom stereocenters. The third kappa shape index (κ3) is 2.57. The summed E-state index contributed by atoms with van der Waals surface area (Å²) in [6.45, 7) is 8.57. The van der Waals surface area contributed by atoms with Gasteiger partial charge in [-0.2, -0.15) is 0 Å². The predicted octanol–water partition coefficient (Wildman–Crippen LogP) is 1.98. The molecule has 0 aromatic rings. The summed E-state index contributed by atoms with van der Waals surface area (Å²) in [5, 5.41) is 0. The molecule has 4 unspecified atom stereocenters. The molecule has 1 saturated heterocycles. The minimum atomic E-state index is -0.414. The van der Waals surface area contributed by atoms with Gasteiger partial charge >= 0.3 is 6.09 Å². The van der Waals surface area contributed by atoms with Gasteiger partial charge in [0.15, 0.2) is 0 Å². The zero-order valence-electron chi connectivity index (χ0n) is 11.3. The zero-order chi connectivity index (χ0) is 12.8. The Morgan fingerprint density at radius 1 is 1.47 bits per heavy atom. The maximum absolute atomic E-state index is 12.1. The summed E-state index contributed by atoms with van der Waals surface area (Å²) < 4.78 is 5.45. The van der Waals surface area contributed by atoms with Gasteiger partial charge in [-0.25, -0.2) is 4.79 Å². The first kappa shape index (κ1) is 12.7. The van der Waals surface area contributed by atoms with E-state index in [4.69, 9.17) is 10.5 Å². The highest BCUT2D eigenvalue weighted by molar-refractivity contribution is 5.69. The molecule has 0 aromatic heterocycles. The minimum Gasteiger partial charge on any atom is -0.444 e. The van der Waals surface area contributed by atoms with Gasteiger partial charge in [0.1, 0.15) is 5.60 Å². The topological polar surface area (TPSA) is 55.6 Å². The quantitative estimate of drug-likeness (QED) is 0.762. The van der Waals surface area contributed by atoms with E-state index in [0.29, 0.717) is 17.9 Å². The molecule has 0 bridgehead atoms. The molecule has 0 aromatic carbocycles. The summed E-state index contributed by atoms with van der Waals surface area (Å²) in [7, 11) is 0. The average Bonchev–Trinajstić information content (AvgIpc) is 2.87. The van der Waals surface area contributed by atoms with E-state index in [-0.39, 0.29) is 12.1 Å². The second-order valence-electron chi connectivity index (χ2n) is 6.41. The first-order chi connectivity index (χ1) is 7.81. The Kier molecular flexibility index (Phi) is 3.10. The van der Waals surface area contributed by atoms with Crippen LogP contribution in [0.1, 0.15) is 40.5 Å². The highest BCUT2D eigenvalue weighted by atomic mass is 16.6. The summed E-state index contributed by atoms with van der Waals surface area (Å²) in [6, 6.07) is 0.506. The molecular weight excluding hydrogens is 216 g/mol. The van der Waals surface area contributed by atoms with Crippen LogP contribution in [0.3, 0.4) is 0 Å². The zero-order valence-corrected chi connectivity index (χ0v) is 11.3. The molecule has 0 radical (unpaired) electrons. The monoisotopic (exact) mass is 240 g/mol. The van der Waals surface area contributed by atoms with Crippen LogP contribution in [-0.4, -0.2) is 35.2 Å². The molecule has 4 heteroatoms. The van der Waals surface area contributed by atoms with Gasteiger partial charge in [0.25, 0.3) is 0 Å². The lowest BCUT2D eigenvalue weighted by molar-refractivity contribution is 0.0187. The second-order valence-corrected chi connectivity index (χ2v) is 6.41. The fourth-order valence-corrected chi connectivity index (χ4v) is 3.06. The number of amides is 1. The number of fused-ring (bicyclic) bond motifs is 1. The molecule has 1 amide bonds. The van der Waals surface area contributed by atoms with Gasteiger partial charge < -0.3 is 15.4 Å². The SMILES string of the molecule is CC(N)C1C2CCCN(C(=O)OC(C)(C)C)C21. The van der Waals surface area contributed by atoms with Crippen LogP contribution in [0, 0.1) is 11.8 Å². The number of carbonyl (C=O) groups excluding carboxylic acids is 1.